The predicted octanol–water partition coefficient (Wildman–Crippen LogP) is 2.57. The van der Waals surface area contributed by atoms with Gasteiger partial charge in [0.05, 0.1) is 5.25 Å². The Kier molecular flexibility index (Phi) is 4.04. The molecule has 0 bridgehead atoms. The van der Waals surface area contributed by atoms with Crippen LogP contribution >= 0.6 is 11.6 Å². The second-order valence-electron chi connectivity index (χ2n) is 4.96. The minimum absolute atomic E-state index is 0.0827. The minimum Gasteiger partial charge on any atom is -0.447 e. The molecular weight excluding hydrogens is 276 g/mol. The topological polar surface area (TPSA) is 67.5 Å². The Morgan fingerprint density at radius 1 is 1.44 bits per heavy atom. The molecule has 1 N–H and O–H groups in total. The molecule has 0 radical (unpaired) electrons. The van der Waals surface area contributed by atoms with Crippen molar-refractivity contribution in [2.45, 2.75) is 37.0 Å². The average molecular weight is 293 g/mol. The Bertz CT molecular complexity index is 508. The third-order valence-electron chi connectivity index (χ3n) is 3.60. The molecule has 18 heavy (non-hydrogen) atoms. The number of hydrogen-bond donors (Lipinski definition) is 1. The molecule has 4 nitrogen and oxygen atoms in total. The summed E-state index contributed by atoms with van der Waals surface area (Å²) in [5.74, 6) is 0.333. The van der Waals surface area contributed by atoms with E-state index in [1.807, 2.05) is 0 Å². The fourth-order valence-corrected chi connectivity index (χ4v) is 3.92. The van der Waals surface area contributed by atoms with Gasteiger partial charge in [0.2, 0.25) is 0 Å². The van der Waals surface area contributed by atoms with E-state index in [1.165, 1.54) is 6.26 Å². The molecule has 0 aliphatic heterocycles. The van der Waals surface area contributed by atoms with Gasteiger partial charge in [0.15, 0.2) is 5.22 Å². The van der Waals surface area contributed by atoms with E-state index < -0.39 is 15.9 Å². The normalized spacial score (nSPS) is 27.1. The smallest absolute Gasteiger partial charge is 0.193 e. The molecule has 1 fully saturated rings. The van der Waals surface area contributed by atoms with Gasteiger partial charge >= 0.3 is 0 Å². The SMILES string of the molecule is CS(=O)(=O)C1CCCC(C(O)c2ccc(Cl)o2)C1. The molecule has 1 aliphatic carbocycles. The van der Waals surface area contributed by atoms with Gasteiger partial charge in [-0.05, 0) is 48.9 Å². The largest absolute Gasteiger partial charge is 0.447 e. The van der Waals surface area contributed by atoms with E-state index in [0.717, 1.165) is 12.8 Å². The first-order chi connectivity index (χ1) is 8.38. The summed E-state index contributed by atoms with van der Waals surface area (Å²) in [5, 5.41) is 10.1. The Labute approximate surface area is 112 Å². The molecule has 1 saturated carbocycles. The lowest BCUT2D eigenvalue weighted by molar-refractivity contribution is 0.0662. The molecule has 1 aromatic heterocycles. The van der Waals surface area contributed by atoms with Gasteiger partial charge in [0, 0.05) is 6.26 Å². The fraction of sp³-hybridized carbons (Fsp3) is 0.667. The van der Waals surface area contributed by atoms with Gasteiger partial charge in [0.1, 0.15) is 21.7 Å². The van der Waals surface area contributed by atoms with Gasteiger partial charge in [-0.1, -0.05) is 6.42 Å². The molecule has 1 aliphatic rings. The van der Waals surface area contributed by atoms with Gasteiger partial charge in [-0.2, -0.15) is 0 Å². The minimum atomic E-state index is -3.04. The number of aliphatic hydroxyl groups excluding tert-OH is 1. The molecule has 102 valence electrons. The highest BCUT2D eigenvalue weighted by Crippen LogP contribution is 2.37. The Hall–Kier alpha value is -0.520. The highest BCUT2D eigenvalue weighted by Gasteiger charge is 2.34. The van der Waals surface area contributed by atoms with Crippen LogP contribution in [0.15, 0.2) is 16.5 Å². The third-order valence-corrected chi connectivity index (χ3v) is 5.45. The molecule has 6 heteroatoms. The molecule has 0 aromatic carbocycles. The Balaban J connectivity index is 2.09. The van der Waals surface area contributed by atoms with Crippen LogP contribution in [0, 0.1) is 5.92 Å². The third kappa shape index (κ3) is 3.08. The lowest BCUT2D eigenvalue weighted by atomic mass is 9.84. The Morgan fingerprint density at radius 2 is 2.17 bits per heavy atom. The second kappa shape index (κ2) is 5.23. The molecule has 2 rings (SSSR count). The van der Waals surface area contributed by atoms with Crippen molar-refractivity contribution >= 4 is 21.4 Å². The van der Waals surface area contributed by atoms with Crippen molar-refractivity contribution in [1.29, 1.82) is 0 Å². The summed E-state index contributed by atoms with van der Waals surface area (Å²) in [6.07, 6.45) is 3.27. The molecule has 1 heterocycles. The second-order valence-corrected chi connectivity index (χ2v) is 7.66. The fourth-order valence-electron chi connectivity index (χ4n) is 2.58. The van der Waals surface area contributed by atoms with Crippen LogP contribution in [0.25, 0.3) is 0 Å². The van der Waals surface area contributed by atoms with Crippen molar-refractivity contribution in [3.63, 3.8) is 0 Å². The quantitative estimate of drug-likeness (QED) is 0.930. The Morgan fingerprint density at radius 3 is 2.72 bits per heavy atom. The number of sulfone groups is 1. The van der Waals surface area contributed by atoms with Crippen LogP contribution in [-0.2, 0) is 9.84 Å². The van der Waals surface area contributed by atoms with Crippen LogP contribution in [0.1, 0.15) is 37.5 Å². The standard InChI is InChI=1S/C12H17ClO4S/c1-18(15,16)9-4-2-3-8(7-9)12(14)10-5-6-11(13)17-10/h5-6,8-9,12,14H,2-4,7H2,1H3. The van der Waals surface area contributed by atoms with Gasteiger partial charge in [0.25, 0.3) is 0 Å². The van der Waals surface area contributed by atoms with E-state index in [2.05, 4.69) is 0 Å². The van der Waals surface area contributed by atoms with Gasteiger partial charge in [-0.15, -0.1) is 0 Å². The van der Waals surface area contributed by atoms with Crippen molar-refractivity contribution in [3.8, 4) is 0 Å². The summed E-state index contributed by atoms with van der Waals surface area (Å²) < 4.78 is 28.3. The monoisotopic (exact) mass is 292 g/mol. The number of halogens is 1. The highest BCUT2D eigenvalue weighted by molar-refractivity contribution is 7.91. The molecule has 3 atom stereocenters. The first-order valence-electron chi connectivity index (χ1n) is 6.00. The van der Waals surface area contributed by atoms with E-state index in [0.29, 0.717) is 18.6 Å². The predicted molar refractivity (Wildman–Crippen MR) is 69.3 cm³/mol. The van der Waals surface area contributed by atoms with Crippen LogP contribution in [-0.4, -0.2) is 25.0 Å². The van der Waals surface area contributed by atoms with Crippen molar-refractivity contribution in [2.24, 2.45) is 5.92 Å². The van der Waals surface area contributed by atoms with E-state index in [-0.39, 0.29) is 16.4 Å². The number of rotatable bonds is 3. The number of hydrogen-bond acceptors (Lipinski definition) is 4. The molecular formula is C12H17ClO4S. The number of furan rings is 1. The molecule has 1 aromatic rings. The van der Waals surface area contributed by atoms with Crippen molar-refractivity contribution in [1.82, 2.24) is 0 Å². The number of aliphatic hydroxyl groups is 1. The zero-order chi connectivity index (χ0) is 13.3. The van der Waals surface area contributed by atoms with Crippen LogP contribution in [0.4, 0.5) is 0 Å². The van der Waals surface area contributed by atoms with E-state index in [4.69, 9.17) is 16.0 Å². The summed E-state index contributed by atoms with van der Waals surface area (Å²) in [4.78, 5) is 0. The lowest BCUT2D eigenvalue weighted by Gasteiger charge is -2.30. The maximum Gasteiger partial charge on any atom is 0.193 e. The zero-order valence-electron chi connectivity index (χ0n) is 10.2. The van der Waals surface area contributed by atoms with Crippen molar-refractivity contribution < 1.29 is 17.9 Å². The summed E-state index contributed by atoms with van der Waals surface area (Å²) in [5.41, 5.74) is 0. The first kappa shape index (κ1) is 13.9. The molecule has 0 amide bonds. The maximum atomic E-state index is 11.6. The molecule has 0 saturated heterocycles. The summed E-state index contributed by atoms with van der Waals surface area (Å²) in [6, 6.07) is 3.22. The summed E-state index contributed by atoms with van der Waals surface area (Å²) in [7, 11) is -3.04. The van der Waals surface area contributed by atoms with Gasteiger partial charge < -0.3 is 9.52 Å². The van der Waals surface area contributed by atoms with Crippen LogP contribution in [0.5, 0.6) is 0 Å². The highest BCUT2D eigenvalue weighted by atomic mass is 35.5. The van der Waals surface area contributed by atoms with E-state index >= 15 is 0 Å². The van der Waals surface area contributed by atoms with E-state index in [1.54, 1.807) is 12.1 Å². The first-order valence-corrected chi connectivity index (χ1v) is 8.33. The maximum absolute atomic E-state index is 11.6. The van der Waals surface area contributed by atoms with Crippen LogP contribution < -0.4 is 0 Å². The molecule has 0 spiro atoms. The van der Waals surface area contributed by atoms with E-state index in [9.17, 15) is 13.5 Å². The van der Waals surface area contributed by atoms with Crippen molar-refractivity contribution in [3.05, 3.63) is 23.1 Å². The lowest BCUT2D eigenvalue weighted by Crippen LogP contribution is -2.30. The van der Waals surface area contributed by atoms with Crippen LogP contribution in [0.3, 0.4) is 0 Å². The summed E-state index contributed by atoms with van der Waals surface area (Å²) >= 11 is 5.67. The van der Waals surface area contributed by atoms with Crippen LogP contribution in [0.2, 0.25) is 5.22 Å². The van der Waals surface area contributed by atoms with Gasteiger partial charge in [-0.25, -0.2) is 8.42 Å². The van der Waals surface area contributed by atoms with Gasteiger partial charge in [-0.3, -0.25) is 0 Å². The summed E-state index contributed by atoms with van der Waals surface area (Å²) in [6.45, 7) is 0. The average Bonchev–Trinajstić information content (AvgIpc) is 2.74. The molecule has 3 unspecified atom stereocenters. The zero-order valence-corrected chi connectivity index (χ0v) is 11.7. The van der Waals surface area contributed by atoms with Crippen molar-refractivity contribution in [2.75, 3.05) is 6.26 Å².